The molecule has 0 fully saturated rings. The first-order valence-corrected chi connectivity index (χ1v) is 8.68. The summed E-state index contributed by atoms with van der Waals surface area (Å²) in [6, 6.07) is 4.72. The number of benzene rings is 1. The number of rotatable bonds is 2. The quantitative estimate of drug-likeness (QED) is 0.651. The van der Waals surface area contributed by atoms with Crippen molar-refractivity contribution in [1.29, 1.82) is 0 Å². The Bertz CT molecular complexity index is 697. The first-order valence-electron chi connectivity index (χ1n) is 6.49. The molecule has 0 bridgehead atoms. The standard InChI is InChI=1S/C13H13Cl2NO4S/c14-9-5-3-6-10(15)12(9)16-13(20-17)8-4-1-2-7-11(8)21(16,18)19/h3,5-6,13,17H,1-2,4,7H2. The Morgan fingerprint density at radius 1 is 1.19 bits per heavy atom. The molecule has 1 aromatic carbocycles. The maximum Gasteiger partial charge on any atom is 0.263 e. The number of allylic oxidation sites excluding steroid dienone is 1. The second kappa shape index (κ2) is 5.44. The van der Waals surface area contributed by atoms with Crippen LogP contribution in [0.3, 0.4) is 0 Å². The van der Waals surface area contributed by atoms with Crippen LogP contribution in [0.25, 0.3) is 0 Å². The van der Waals surface area contributed by atoms with Gasteiger partial charge in [-0.3, -0.25) is 0 Å². The van der Waals surface area contributed by atoms with Gasteiger partial charge in [-0.1, -0.05) is 29.3 Å². The van der Waals surface area contributed by atoms with Crippen LogP contribution in [0.4, 0.5) is 5.69 Å². The van der Waals surface area contributed by atoms with Crippen LogP contribution >= 0.6 is 23.2 Å². The van der Waals surface area contributed by atoms with E-state index in [1.54, 1.807) is 18.2 Å². The molecular weight excluding hydrogens is 337 g/mol. The molecule has 0 aromatic heterocycles. The number of nitrogens with zero attached hydrogens (tertiary/aromatic N) is 1. The van der Waals surface area contributed by atoms with Crippen LogP contribution in [0.15, 0.2) is 28.7 Å². The smallest absolute Gasteiger partial charge is 0.249 e. The van der Waals surface area contributed by atoms with Gasteiger partial charge in [0.15, 0.2) is 0 Å². The van der Waals surface area contributed by atoms with Gasteiger partial charge in [-0.2, -0.15) is 0 Å². The van der Waals surface area contributed by atoms with Gasteiger partial charge in [0, 0.05) is 0 Å². The van der Waals surface area contributed by atoms with Gasteiger partial charge in [0.1, 0.15) is 0 Å². The molecule has 0 amide bonds. The van der Waals surface area contributed by atoms with E-state index in [0.717, 1.165) is 17.1 Å². The van der Waals surface area contributed by atoms with Crippen molar-refractivity contribution in [3.8, 4) is 0 Å². The normalized spacial score (nSPS) is 24.3. The Kier molecular flexibility index (Phi) is 3.92. The van der Waals surface area contributed by atoms with Crippen LogP contribution in [0.1, 0.15) is 25.7 Å². The van der Waals surface area contributed by atoms with E-state index in [1.165, 1.54) is 0 Å². The van der Waals surface area contributed by atoms with Crippen LogP contribution in [-0.2, 0) is 14.9 Å². The summed E-state index contributed by atoms with van der Waals surface area (Å²) >= 11 is 12.2. The zero-order valence-corrected chi connectivity index (χ0v) is 13.2. The summed E-state index contributed by atoms with van der Waals surface area (Å²) in [5, 5.41) is 9.60. The Morgan fingerprint density at radius 2 is 1.81 bits per heavy atom. The summed E-state index contributed by atoms with van der Waals surface area (Å²) in [4.78, 5) is 4.77. The highest BCUT2D eigenvalue weighted by Gasteiger charge is 2.47. The topological polar surface area (TPSA) is 66.8 Å². The second-order valence-electron chi connectivity index (χ2n) is 4.98. The number of halogens is 2. The summed E-state index contributed by atoms with van der Waals surface area (Å²) in [7, 11) is -3.79. The van der Waals surface area contributed by atoms with E-state index in [4.69, 9.17) is 23.2 Å². The Balaban J connectivity index is 2.20. The van der Waals surface area contributed by atoms with Crippen LogP contribution in [0.5, 0.6) is 0 Å². The lowest BCUT2D eigenvalue weighted by Gasteiger charge is -2.26. The highest BCUT2D eigenvalue weighted by molar-refractivity contribution is 7.97. The molecule has 21 heavy (non-hydrogen) atoms. The van der Waals surface area contributed by atoms with Crippen molar-refractivity contribution in [2.24, 2.45) is 0 Å². The Labute approximate surface area is 132 Å². The van der Waals surface area contributed by atoms with E-state index in [9.17, 15) is 13.7 Å². The zero-order chi connectivity index (χ0) is 15.2. The number of para-hydroxylation sites is 1. The van der Waals surface area contributed by atoms with Crippen molar-refractivity contribution in [2.45, 2.75) is 31.9 Å². The van der Waals surface area contributed by atoms with Crippen molar-refractivity contribution in [2.75, 3.05) is 4.31 Å². The van der Waals surface area contributed by atoms with E-state index in [1.807, 2.05) is 0 Å². The molecule has 0 radical (unpaired) electrons. The number of sulfonamides is 1. The maximum absolute atomic E-state index is 12.8. The van der Waals surface area contributed by atoms with Gasteiger partial charge in [-0.05, 0) is 43.4 Å². The summed E-state index contributed by atoms with van der Waals surface area (Å²) in [5.41, 5.74) is 0.717. The number of anilines is 1. The van der Waals surface area contributed by atoms with Gasteiger partial charge >= 0.3 is 0 Å². The lowest BCUT2D eigenvalue weighted by Crippen LogP contribution is -2.37. The highest BCUT2D eigenvalue weighted by Crippen LogP contribution is 2.47. The predicted octanol–water partition coefficient (Wildman–Crippen LogP) is 3.79. The SMILES string of the molecule is O=S1(=O)C2=C(CCCC2)C(OO)N1c1c(Cl)cccc1Cl. The molecule has 1 unspecified atom stereocenters. The third-order valence-corrected chi connectivity index (χ3v) is 6.39. The fraction of sp³-hybridized carbons (Fsp3) is 0.385. The maximum atomic E-state index is 12.8. The first kappa shape index (κ1) is 15.1. The molecule has 2 aliphatic rings. The van der Waals surface area contributed by atoms with Gasteiger partial charge in [0.05, 0.1) is 20.6 Å². The van der Waals surface area contributed by atoms with Crippen LogP contribution in [0.2, 0.25) is 10.0 Å². The second-order valence-corrected chi connectivity index (χ2v) is 7.64. The lowest BCUT2D eigenvalue weighted by atomic mass is 9.98. The predicted molar refractivity (Wildman–Crippen MR) is 80.9 cm³/mol. The molecule has 1 atom stereocenters. The molecule has 114 valence electrons. The monoisotopic (exact) mass is 349 g/mol. The molecule has 1 heterocycles. The van der Waals surface area contributed by atoms with Crippen molar-refractivity contribution in [3.05, 3.63) is 38.7 Å². The molecular formula is C13H13Cl2NO4S. The van der Waals surface area contributed by atoms with Crippen LogP contribution in [0, 0.1) is 0 Å². The summed E-state index contributed by atoms with van der Waals surface area (Å²) in [6.45, 7) is 0. The van der Waals surface area contributed by atoms with Crippen molar-refractivity contribution in [1.82, 2.24) is 0 Å². The van der Waals surface area contributed by atoms with Gasteiger partial charge in [0.2, 0.25) is 6.23 Å². The molecule has 5 nitrogen and oxygen atoms in total. The summed E-state index contributed by atoms with van der Waals surface area (Å²) < 4.78 is 26.5. The van der Waals surface area contributed by atoms with Crippen LogP contribution in [-0.4, -0.2) is 19.9 Å². The minimum absolute atomic E-state index is 0.134. The van der Waals surface area contributed by atoms with Gasteiger partial charge in [0.25, 0.3) is 10.0 Å². The number of hydrogen-bond donors (Lipinski definition) is 1. The fourth-order valence-electron chi connectivity index (χ4n) is 2.89. The van der Waals surface area contributed by atoms with Gasteiger partial charge < -0.3 is 0 Å². The molecule has 0 saturated heterocycles. The third kappa shape index (κ3) is 2.26. The average molecular weight is 350 g/mol. The number of hydrogen-bond acceptors (Lipinski definition) is 4. The third-order valence-electron chi connectivity index (χ3n) is 3.80. The molecule has 0 saturated carbocycles. The Hall–Kier alpha value is -0.790. The van der Waals surface area contributed by atoms with Gasteiger partial charge in [-0.25, -0.2) is 22.9 Å². The van der Waals surface area contributed by atoms with E-state index < -0.39 is 16.3 Å². The molecule has 8 heteroatoms. The van der Waals surface area contributed by atoms with E-state index in [-0.39, 0.29) is 15.7 Å². The largest absolute Gasteiger partial charge is 0.263 e. The minimum Gasteiger partial charge on any atom is -0.249 e. The summed E-state index contributed by atoms with van der Waals surface area (Å²) in [6.07, 6.45) is 1.57. The molecule has 1 aliphatic carbocycles. The summed E-state index contributed by atoms with van der Waals surface area (Å²) in [5.74, 6) is 0. The van der Waals surface area contributed by atoms with E-state index >= 15 is 0 Å². The fourth-order valence-corrected chi connectivity index (χ4v) is 5.60. The van der Waals surface area contributed by atoms with E-state index in [2.05, 4.69) is 4.89 Å². The van der Waals surface area contributed by atoms with Crippen molar-refractivity contribution >= 4 is 38.9 Å². The molecule has 1 N–H and O–H groups in total. The molecule has 3 rings (SSSR count). The Morgan fingerprint density at radius 3 is 2.43 bits per heavy atom. The first-order chi connectivity index (χ1) is 9.98. The van der Waals surface area contributed by atoms with Crippen LogP contribution < -0.4 is 4.31 Å². The van der Waals surface area contributed by atoms with Gasteiger partial charge in [-0.15, -0.1) is 0 Å². The lowest BCUT2D eigenvalue weighted by molar-refractivity contribution is -0.265. The van der Waals surface area contributed by atoms with Crippen molar-refractivity contribution in [3.63, 3.8) is 0 Å². The van der Waals surface area contributed by atoms with E-state index in [0.29, 0.717) is 23.3 Å². The highest BCUT2D eigenvalue weighted by atomic mass is 35.5. The molecule has 1 aliphatic heterocycles. The van der Waals surface area contributed by atoms with Crippen molar-refractivity contribution < 1.29 is 18.6 Å². The average Bonchev–Trinajstić information content (AvgIpc) is 2.68. The minimum atomic E-state index is -3.79. The zero-order valence-electron chi connectivity index (χ0n) is 10.9. The molecule has 0 spiro atoms. The molecule has 1 aromatic rings.